The van der Waals surface area contributed by atoms with Gasteiger partial charge in [0.1, 0.15) is 12.3 Å². The summed E-state index contributed by atoms with van der Waals surface area (Å²) in [6, 6.07) is 7.37. The van der Waals surface area contributed by atoms with E-state index in [0.717, 1.165) is 11.0 Å². The summed E-state index contributed by atoms with van der Waals surface area (Å²) in [7, 11) is 6.44. The quantitative estimate of drug-likeness (QED) is 0.525. The maximum atomic E-state index is 9.05. The normalized spacial score (nSPS) is 10.7. The van der Waals surface area contributed by atoms with Crippen molar-refractivity contribution in [1.29, 1.82) is 0 Å². The van der Waals surface area contributed by atoms with Crippen molar-refractivity contribution in [3.63, 3.8) is 0 Å². The number of hydrogen-bond donors (Lipinski definition) is 1. The largest absolute Gasteiger partial charge is 1.00 e. The van der Waals surface area contributed by atoms with E-state index in [0.29, 0.717) is 5.75 Å². The van der Waals surface area contributed by atoms with Crippen LogP contribution in [0, 0.1) is 0 Å². The third kappa shape index (κ3) is 5.10. The van der Waals surface area contributed by atoms with Crippen molar-refractivity contribution in [3.05, 3.63) is 29.8 Å². The van der Waals surface area contributed by atoms with Gasteiger partial charge in [-0.2, -0.15) is 0 Å². The van der Waals surface area contributed by atoms with E-state index in [4.69, 9.17) is 5.11 Å². The van der Waals surface area contributed by atoms with Crippen LogP contribution in [0.5, 0.6) is 5.75 Å². The third-order valence-electron chi connectivity index (χ3n) is 1.59. The van der Waals surface area contributed by atoms with Crippen molar-refractivity contribution >= 4 is 0 Å². The van der Waals surface area contributed by atoms with E-state index in [1.165, 1.54) is 5.56 Å². The number of nitrogens with zero attached hydrogens (tertiary/aromatic N) is 1. The molecule has 1 aromatic rings. The van der Waals surface area contributed by atoms with Crippen molar-refractivity contribution in [2.45, 2.75) is 6.54 Å². The number of phenols is 1. The summed E-state index contributed by atoms with van der Waals surface area (Å²) in [5.41, 5.74) is 1.25. The van der Waals surface area contributed by atoms with Crippen LogP contribution in [0.3, 0.4) is 0 Å². The Morgan fingerprint density at radius 3 is 1.92 bits per heavy atom. The minimum Gasteiger partial charge on any atom is -1.00 e. The molecule has 0 unspecified atom stereocenters. The number of aromatic hydroxyl groups is 1. The van der Waals surface area contributed by atoms with Gasteiger partial charge in [0.25, 0.3) is 0 Å². The van der Waals surface area contributed by atoms with Gasteiger partial charge in [0.2, 0.25) is 0 Å². The second kappa shape index (κ2) is 4.81. The molecule has 1 aromatic carbocycles. The highest BCUT2D eigenvalue weighted by Gasteiger charge is 2.07. The SMILES string of the molecule is C[N+](C)(C)Cc1ccc(O)cc1.[I-]. The van der Waals surface area contributed by atoms with Crippen LogP contribution >= 0.6 is 0 Å². The maximum Gasteiger partial charge on any atom is 0.115 e. The molecular formula is C10H16INO. The standard InChI is InChI=1S/C10H15NO.HI/c1-11(2,3)8-9-4-6-10(12)7-5-9;/h4-7H,8H2,1-3H3;1H. The molecule has 0 aromatic heterocycles. The maximum absolute atomic E-state index is 9.05. The highest BCUT2D eigenvalue weighted by Crippen LogP contribution is 2.12. The van der Waals surface area contributed by atoms with Gasteiger partial charge in [-0.3, -0.25) is 0 Å². The molecule has 0 aliphatic carbocycles. The number of phenolic OH excluding ortho intramolecular Hbond substituents is 1. The van der Waals surface area contributed by atoms with Crippen LogP contribution < -0.4 is 24.0 Å². The molecule has 0 bridgehead atoms. The van der Waals surface area contributed by atoms with Gasteiger partial charge in [0, 0.05) is 5.56 Å². The molecule has 0 saturated carbocycles. The fourth-order valence-electron chi connectivity index (χ4n) is 1.15. The molecule has 0 aliphatic rings. The fraction of sp³-hybridized carbons (Fsp3) is 0.400. The Morgan fingerprint density at radius 2 is 1.54 bits per heavy atom. The van der Waals surface area contributed by atoms with Gasteiger partial charge in [-0.25, -0.2) is 0 Å². The first-order valence-corrected chi connectivity index (χ1v) is 4.06. The first-order chi connectivity index (χ1) is 5.47. The lowest BCUT2D eigenvalue weighted by Gasteiger charge is -2.23. The molecule has 0 aliphatic heterocycles. The van der Waals surface area contributed by atoms with Crippen LogP contribution in [-0.4, -0.2) is 30.7 Å². The molecule has 1 rings (SSSR count). The number of rotatable bonds is 2. The summed E-state index contributed by atoms with van der Waals surface area (Å²) < 4.78 is 0.908. The van der Waals surface area contributed by atoms with E-state index in [2.05, 4.69) is 21.1 Å². The zero-order valence-corrected chi connectivity index (χ0v) is 10.4. The molecule has 2 nitrogen and oxygen atoms in total. The molecule has 74 valence electrons. The van der Waals surface area contributed by atoms with Crippen LogP contribution in [0.15, 0.2) is 24.3 Å². The van der Waals surface area contributed by atoms with Gasteiger partial charge in [-0.15, -0.1) is 0 Å². The summed E-state index contributed by atoms with van der Waals surface area (Å²) in [4.78, 5) is 0. The van der Waals surface area contributed by atoms with Crippen molar-refractivity contribution < 1.29 is 33.6 Å². The molecule has 0 spiro atoms. The first kappa shape index (κ1) is 12.7. The second-order valence-corrected chi connectivity index (χ2v) is 4.11. The molecule has 0 amide bonds. The molecule has 0 radical (unpaired) electrons. The van der Waals surface area contributed by atoms with E-state index in [1.54, 1.807) is 12.1 Å². The predicted molar refractivity (Wildman–Crippen MR) is 49.8 cm³/mol. The Kier molecular flexibility index (Phi) is 4.70. The van der Waals surface area contributed by atoms with E-state index in [9.17, 15) is 0 Å². The summed E-state index contributed by atoms with van der Waals surface area (Å²) in [5.74, 6) is 0.333. The minimum absolute atomic E-state index is 0. The van der Waals surface area contributed by atoms with Crippen molar-refractivity contribution in [1.82, 2.24) is 0 Å². The third-order valence-corrected chi connectivity index (χ3v) is 1.59. The van der Waals surface area contributed by atoms with Crippen molar-refractivity contribution in [2.75, 3.05) is 21.1 Å². The predicted octanol–water partition coefficient (Wildman–Crippen LogP) is -1.40. The molecule has 3 heteroatoms. The molecule has 0 saturated heterocycles. The molecule has 1 N–H and O–H groups in total. The Bertz CT molecular complexity index is 251. The summed E-state index contributed by atoms with van der Waals surface area (Å²) in [6.07, 6.45) is 0. The molecular weight excluding hydrogens is 277 g/mol. The van der Waals surface area contributed by atoms with Gasteiger partial charge >= 0.3 is 0 Å². The number of halogens is 1. The monoisotopic (exact) mass is 293 g/mol. The van der Waals surface area contributed by atoms with Gasteiger partial charge in [0.15, 0.2) is 0 Å². The van der Waals surface area contributed by atoms with E-state index in [1.807, 2.05) is 12.1 Å². The first-order valence-electron chi connectivity index (χ1n) is 4.06. The lowest BCUT2D eigenvalue weighted by Crippen LogP contribution is -3.00. The number of quaternary nitrogens is 1. The van der Waals surface area contributed by atoms with Gasteiger partial charge in [-0.05, 0) is 24.3 Å². The van der Waals surface area contributed by atoms with E-state index >= 15 is 0 Å². The summed E-state index contributed by atoms with van der Waals surface area (Å²) in [6.45, 7) is 0.986. The second-order valence-electron chi connectivity index (χ2n) is 4.11. The molecule has 0 fully saturated rings. The average molecular weight is 293 g/mol. The van der Waals surface area contributed by atoms with Crippen LogP contribution in [0.4, 0.5) is 0 Å². The minimum atomic E-state index is 0. The molecule has 0 heterocycles. The zero-order valence-electron chi connectivity index (χ0n) is 8.29. The highest BCUT2D eigenvalue weighted by atomic mass is 127. The Hall–Kier alpha value is -0.290. The van der Waals surface area contributed by atoms with Crippen LogP contribution in [0.1, 0.15) is 5.56 Å². The number of benzene rings is 1. The Balaban J connectivity index is 0.00000144. The number of hydrogen-bond acceptors (Lipinski definition) is 1. The average Bonchev–Trinajstić information content (AvgIpc) is 1.91. The van der Waals surface area contributed by atoms with Crippen molar-refractivity contribution in [3.8, 4) is 5.75 Å². The fourth-order valence-corrected chi connectivity index (χ4v) is 1.15. The molecule has 13 heavy (non-hydrogen) atoms. The topological polar surface area (TPSA) is 20.2 Å². The van der Waals surface area contributed by atoms with Crippen molar-refractivity contribution in [2.24, 2.45) is 0 Å². The smallest absolute Gasteiger partial charge is 0.115 e. The summed E-state index contributed by atoms with van der Waals surface area (Å²) in [5, 5.41) is 9.05. The zero-order chi connectivity index (χ0) is 9.19. The Labute approximate surface area is 96.8 Å². The van der Waals surface area contributed by atoms with Crippen LogP contribution in [-0.2, 0) is 6.54 Å². The van der Waals surface area contributed by atoms with E-state index in [-0.39, 0.29) is 24.0 Å². The lowest BCUT2D eigenvalue weighted by atomic mass is 10.2. The summed E-state index contributed by atoms with van der Waals surface area (Å²) >= 11 is 0. The van der Waals surface area contributed by atoms with Gasteiger partial charge < -0.3 is 33.6 Å². The molecule has 0 atom stereocenters. The lowest BCUT2D eigenvalue weighted by molar-refractivity contribution is -0.884. The van der Waals surface area contributed by atoms with Gasteiger partial charge in [0.05, 0.1) is 21.1 Å². The highest BCUT2D eigenvalue weighted by molar-refractivity contribution is 5.25. The van der Waals surface area contributed by atoms with Crippen LogP contribution in [0.25, 0.3) is 0 Å². The Morgan fingerprint density at radius 1 is 1.08 bits per heavy atom. The van der Waals surface area contributed by atoms with E-state index < -0.39 is 0 Å². The van der Waals surface area contributed by atoms with Gasteiger partial charge in [-0.1, -0.05) is 0 Å². The van der Waals surface area contributed by atoms with Crippen LogP contribution in [0.2, 0.25) is 0 Å².